The lowest BCUT2D eigenvalue weighted by Gasteiger charge is -2.18. The Balaban J connectivity index is 2.08. The zero-order valence-corrected chi connectivity index (χ0v) is 10.2. The average Bonchev–Trinajstić information content (AvgIpc) is 3.02. The molecular formula is C13H17F3N2. The first-order valence-electron chi connectivity index (χ1n) is 6.10. The van der Waals surface area contributed by atoms with Crippen LogP contribution in [0.4, 0.5) is 13.2 Å². The molecule has 0 radical (unpaired) electrons. The highest BCUT2D eigenvalue weighted by molar-refractivity contribution is 5.23. The molecule has 3 atom stereocenters. The molecule has 3 N–H and O–H groups in total. The molecular weight excluding hydrogens is 241 g/mol. The van der Waals surface area contributed by atoms with Crippen molar-refractivity contribution >= 4 is 0 Å². The van der Waals surface area contributed by atoms with Crippen LogP contribution in [-0.4, -0.2) is 13.1 Å². The van der Waals surface area contributed by atoms with E-state index in [4.69, 9.17) is 5.73 Å². The topological polar surface area (TPSA) is 38.0 Å². The summed E-state index contributed by atoms with van der Waals surface area (Å²) in [5.41, 5.74) is 5.65. The summed E-state index contributed by atoms with van der Waals surface area (Å²) < 4.78 is 39.5. The lowest BCUT2D eigenvalue weighted by Crippen LogP contribution is -2.31. The number of benzene rings is 1. The molecule has 0 spiro atoms. The number of hydrogen-bond acceptors (Lipinski definition) is 2. The molecule has 0 bridgehead atoms. The maximum atomic E-state index is 13.6. The Kier molecular flexibility index (Phi) is 3.92. The van der Waals surface area contributed by atoms with Crippen LogP contribution in [0.1, 0.15) is 24.9 Å². The molecule has 0 saturated heterocycles. The second-order valence-corrected chi connectivity index (χ2v) is 4.96. The molecule has 1 aliphatic carbocycles. The molecule has 0 aliphatic heterocycles. The second-order valence-electron chi connectivity index (χ2n) is 4.96. The van der Waals surface area contributed by atoms with E-state index >= 15 is 0 Å². The van der Waals surface area contributed by atoms with Crippen LogP contribution < -0.4 is 11.1 Å². The fourth-order valence-corrected chi connectivity index (χ4v) is 2.10. The molecule has 3 unspecified atom stereocenters. The molecule has 5 heteroatoms. The van der Waals surface area contributed by atoms with Crippen molar-refractivity contribution in [2.45, 2.75) is 19.4 Å². The Labute approximate surface area is 104 Å². The molecule has 100 valence electrons. The summed E-state index contributed by atoms with van der Waals surface area (Å²) in [6.07, 6.45) is 1.14. The van der Waals surface area contributed by atoms with Gasteiger partial charge >= 0.3 is 0 Å². The summed E-state index contributed by atoms with van der Waals surface area (Å²) in [6.45, 7) is 3.01. The van der Waals surface area contributed by atoms with Crippen LogP contribution in [0.2, 0.25) is 0 Å². The van der Waals surface area contributed by atoms with E-state index in [-0.39, 0.29) is 12.1 Å². The van der Waals surface area contributed by atoms with Gasteiger partial charge in [0, 0.05) is 24.2 Å². The summed E-state index contributed by atoms with van der Waals surface area (Å²) in [5.74, 6) is -1.74. The minimum atomic E-state index is -1.18. The predicted molar refractivity (Wildman–Crippen MR) is 63.4 cm³/mol. The van der Waals surface area contributed by atoms with Gasteiger partial charge in [-0.15, -0.1) is 0 Å². The largest absolute Gasteiger partial charge is 0.329 e. The predicted octanol–water partition coefficient (Wildman–Crippen LogP) is 2.35. The summed E-state index contributed by atoms with van der Waals surface area (Å²) >= 11 is 0. The van der Waals surface area contributed by atoms with E-state index in [0.29, 0.717) is 17.9 Å². The Morgan fingerprint density at radius 1 is 1.28 bits per heavy atom. The highest BCUT2D eigenvalue weighted by Gasteiger charge is 2.32. The maximum absolute atomic E-state index is 13.6. The van der Waals surface area contributed by atoms with Crippen LogP contribution >= 0.6 is 0 Å². The van der Waals surface area contributed by atoms with Gasteiger partial charge in [0.25, 0.3) is 0 Å². The van der Waals surface area contributed by atoms with E-state index in [1.54, 1.807) is 0 Å². The third kappa shape index (κ3) is 2.84. The van der Waals surface area contributed by atoms with Gasteiger partial charge in [0.1, 0.15) is 5.82 Å². The molecule has 0 heterocycles. The van der Waals surface area contributed by atoms with Crippen LogP contribution in [0.5, 0.6) is 0 Å². The van der Waals surface area contributed by atoms with Gasteiger partial charge in [-0.1, -0.05) is 6.92 Å². The first-order valence-corrected chi connectivity index (χ1v) is 6.10. The number of halogens is 3. The van der Waals surface area contributed by atoms with Crippen LogP contribution in [0.15, 0.2) is 12.1 Å². The molecule has 1 aromatic carbocycles. The van der Waals surface area contributed by atoms with Crippen molar-refractivity contribution < 1.29 is 13.2 Å². The van der Waals surface area contributed by atoms with Gasteiger partial charge in [-0.2, -0.15) is 0 Å². The molecule has 0 amide bonds. The van der Waals surface area contributed by atoms with Gasteiger partial charge in [-0.3, -0.25) is 0 Å². The van der Waals surface area contributed by atoms with Crippen LogP contribution in [0.3, 0.4) is 0 Å². The Morgan fingerprint density at radius 2 is 1.89 bits per heavy atom. The van der Waals surface area contributed by atoms with Crippen molar-refractivity contribution in [2.75, 3.05) is 13.1 Å². The first-order chi connectivity index (χ1) is 8.52. The van der Waals surface area contributed by atoms with Gasteiger partial charge in [-0.05, 0) is 30.9 Å². The minimum absolute atomic E-state index is 0.0877. The minimum Gasteiger partial charge on any atom is -0.329 e. The highest BCUT2D eigenvalue weighted by atomic mass is 19.2. The molecule has 1 aliphatic rings. The van der Waals surface area contributed by atoms with Crippen molar-refractivity contribution in [2.24, 2.45) is 17.6 Å². The van der Waals surface area contributed by atoms with E-state index in [9.17, 15) is 13.2 Å². The van der Waals surface area contributed by atoms with Gasteiger partial charge in [-0.25, -0.2) is 13.2 Å². The zero-order valence-electron chi connectivity index (χ0n) is 10.2. The smallest absolute Gasteiger partial charge is 0.161 e. The highest BCUT2D eigenvalue weighted by Crippen LogP contribution is 2.37. The van der Waals surface area contributed by atoms with E-state index in [0.717, 1.165) is 19.0 Å². The zero-order chi connectivity index (χ0) is 13.3. The van der Waals surface area contributed by atoms with Crippen molar-refractivity contribution in [1.82, 2.24) is 5.32 Å². The van der Waals surface area contributed by atoms with Gasteiger partial charge in [0.2, 0.25) is 0 Å². The lowest BCUT2D eigenvalue weighted by molar-refractivity contribution is 0.459. The van der Waals surface area contributed by atoms with Crippen LogP contribution in [0, 0.1) is 29.3 Å². The molecule has 1 fully saturated rings. The number of hydrogen-bond donors (Lipinski definition) is 2. The van der Waals surface area contributed by atoms with E-state index < -0.39 is 23.5 Å². The van der Waals surface area contributed by atoms with E-state index in [1.807, 2.05) is 0 Å². The molecule has 1 saturated carbocycles. The number of nitrogens with one attached hydrogen (secondary N) is 1. The Hall–Kier alpha value is -1.07. The SMILES string of the molecule is CC1CC1CNC(CN)c1cc(F)c(F)cc1F. The van der Waals surface area contributed by atoms with Gasteiger partial charge < -0.3 is 11.1 Å². The molecule has 1 aromatic rings. The normalized spacial score (nSPS) is 24.1. The van der Waals surface area contributed by atoms with E-state index in [2.05, 4.69) is 12.2 Å². The first kappa shape index (κ1) is 13.4. The van der Waals surface area contributed by atoms with Crippen molar-refractivity contribution in [3.05, 3.63) is 35.1 Å². The lowest BCUT2D eigenvalue weighted by atomic mass is 10.1. The van der Waals surface area contributed by atoms with Crippen molar-refractivity contribution in [3.8, 4) is 0 Å². The molecule has 0 aromatic heterocycles. The quantitative estimate of drug-likeness (QED) is 0.796. The fourth-order valence-electron chi connectivity index (χ4n) is 2.10. The Bertz CT molecular complexity index is 436. The third-order valence-corrected chi connectivity index (χ3v) is 3.55. The molecule has 18 heavy (non-hydrogen) atoms. The van der Waals surface area contributed by atoms with Crippen LogP contribution in [-0.2, 0) is 0 Å². The Morgan fingerprint density at radius 3 is 2.44 bits per heavy atom. The van der Waals surface area contributed by atoms with Crippen molar-refractivity contribution in [1.29, 1.82) is 0 Å². The van der Waals surface area contributed by atoms with E-state index in [1.165, 1.54) is 0 Å². The third-order valence-electron chi connectivity index (χ3n) is 3.55. The van der Waals surface area contributed by atoms with Gasteiger partial charge in [0.05, 0.1) is 0 Å². The maximum Gasteiger partial charge on any atom is 0.161 e. The monoisotopic (exact) mass is 258 g/mol. The summed E-state index contributed by atoms with van der Waals surface area (Å²) in [4.78, 5) is 0. The van der Waals surface area contributed by atoms with Crippen LogP contribution in [0.25, 0.3) is 0 Å². The summed E-state index contributed by atoms with van der Waals surface area (Å²) in [5, 5.41) is 3.11. The standard InChI is InChI=1S/C13H17F3N2/c1-7-2-8(7)6-18-13(5-17)9-3-11(15)12(16)4-10(9)14/h3-4,7-8,13,18H,2,5-6,17H2,1H3. The van der Waals surface area contributed by atoms with Crippen molar-refractivity contribution in [3.63, 3.8) is 0 Å². The summed E-state index contributed by atoms with van der Waals surface area (Å²) in [6, 6.07) is 0.966. The number of rotatable bonds is 5. The summed E-state index contributed by atoms with van der Waals surface area (Å²) in [7, 11) is 0. The number of nitrogens with two attached hydrogens (primary N) is 1. The molecule has 2 rings (SSSR count). The second kappa shape index (κ2) is 5.28. The fraction of sp³-hybridized carbons (Fsp3) is 0.538. The average molecular weight is 258 g/mol. The van der Waals surface area contributed by atoms with Gasteiger partial charge in [0.15, 0.2) is 11.6 Å². The molecule has 2 nitrogen and oxygen atoms in total.